The Labute approximate surface area is 235 Å². The number of esters is 1. The third-order valence-electron chi connectivity index (χ3n) is 5.94. The van der Waals surface area contributed by atoms with Crippen LogP contribution in [-0.4, -0.2) is 24.0 Å². The van der Waals surface area contributed by atoms with Crippen LogP contribution in [0.3, 0.4) is 0 Å². The predicted molar refractivity (Wildman–Crippen MR) is 151 cm³/mol. The lowest BCUT2D eigenvalue weighted by molar-refractivity contribution is -0.157. The predicted octanol–water partition coefficient (Wildman–Crippen LogP) is 7.70. The molecular weight excluding hydrogens is 573 g/mol. The van der Waals surface area contributed by atoms with Crippen molar-refractivity contribution in [3.63, 3.8) is 0 Å². The second-order valence-electron chi connectivity index (χ2n) is 10.00. The summed E-state index contributed by atoms with van der Waals surface area (Å²) in [7, 11) is 0. The van der Waals surface area contributed by atoms with E-state index in [0.717, 1.165) is 15.6 Å². The SMILES string of the molecule is CC(C)(C)OC(=O)C1CCN(C(=O)/C=C/c2cc(Cl)ccc2OCc2ccc(F)cc2)c2ccc(Br)cc21. The summed E-state index contributed by atoms with van der Waals surface area (Å²) in [5, 5.41) is 0.500. The van der Waals surface area contributed by atoms with E-state index in [0.29, 0.717) is 35.0 Å². The number of hydrogen-bond acceptors (Lipinski definition) is 4. The number of carbonyl (C=O) groups excluding carboxylic acids is 2. The molecule has 1 aliphatic rings. The van der Waals surface area contributed by atoms with Crippen LogP contribution < -0.4 is 9.64 Å². The van der Waals surface area contributed by atoms with Gasteiger partial charge in [0.15, 0.2) is 0 Å². The standard InChI is InChI=1S/C30H28BrClFNO4/c1-30(2,3)38-29(36)24-14-15-34(26-11-7-21(31)17-25(24)26)28(35)13-6-20-16-22(32)8-12-27(20)37-18-19-4-9-23(33)10-5-19/h4-13,16-17,24H,14-15,18H2,1-3H3/b13-6+. The van der Waals surface area contributed by atoms with Crippen molar-refractivity contribution >= 4 is 51.2 Å². The van der Waals surface area contributed by atoms with E-state index in [1.807, 2.05) is 39.0 Å². The molecule has 1 heterocycles. The molecule has 0 saturated heterocycles. The molecule has 0 radical (unpaired) electrons. The second-order valence-corrected chi connectivity index (χ2v) is 11.4. The fraction of sp³-hybridized carbons (Fsp3) is 0.267. The van der Waals surface area contributed by atoms with Gasteiger partial charge in [-0.05, 0) is 92.9 Å². The Hall–Kier alpha value is -3.16. The van der Waals surface area contributed by atoms with Crippen LogP contribution in [0, 0.1) is 5.82 Å². The van der Waals surface area contributed by atoms with E-state index in [1.54, 1.807) is 41.3 Å². The van der Waals surface area contributed by atoms with E-state index in [1.165, 1.54) is 18.2 Å². The summed E-state index contributed by atoms with van der Waals surface area (Å²) in [5.41, 5.74) is 2.25. The van der Waals surface area contributed by atoms with E-state index < -0.39 is 11.5 Å². The maximum Gasteiger partial charge on any atom is 0.314 e. The average molecular weight is 601 g/mol. The molecule has 3 aromatic rings. The molecule has 198 valence electrons. The number of ether oxygens (including phenoxy) is 2. The van der Waals surface area contributed by atoms with Gasteiger partial charge in [0.25, 0.3) is 5.91 Å². The number of nitrogens with zero attached hydrogens (tertiary/aromatic N) is 1. The molecule has 5 nitrogen and oxygen atoms in total. The van der Waals surface area contributed by atoms with E-state index in [9.17, 15) is 14.0 Å². The summed E-state index contributed by atoms with van der Waals surface area (Å²) >= 11 is 9.70. The number of amides is 1. The fourth-order valence-electron chi connectivity index (χ4n) is 4.20. The maximum atomic E-state index is 13.3. The molecule has 0 N–H and O–H groups in total. The van der Waals surface area contributed by atoms with Crippen molar-refractivity contribution in [2.45, 2.75) is 45.3 Å². The number of carbonyl (C=O) groups is 2. The smallest absolute Gasteiger partial charge is 0.314 e. The van der Waals surface area contributed by atoms with Crippen LogP contribution in [0.25, 0.3) is 6.08 Å². The molecule has 0 aromatic heterocycles. The van der Waals surface area contributed by atoms with Gasteiger partial charge in [0.05, 0.1) is 5.92 Å². The van der Waals surface area contributed by atoms with Crippen molar-refractivity contribution in [1.29, 1.82) is 0 Å². The number of hydrogen-bond donors (Lipinski definition) is 0. The number of halogens is 3. The minimum Gasteiger partial charge on any atom is -0.488 e. The van der Waals surface area contributed by atoms with Crippen LogP contribution in [0.4, 0.5) is 10.1 Å². The Kier molecular flexibility index (Phi) is 8.58. The summed E-state index contributed by atoms with van der Waals surface area (Å²) in [6, 6.07) is 16.8. The maximum absolute atomic E-state index is 13.3. The highest BCUT2D eigenvalue weighted by molar-refractivity contribution is 9.10. The quantitative estimate of drug-likeness (QED) is 0.215. The Balaban J connectivity index is 1.54. The summed E-state index contributed by atoms with van der Waals surface area (Å²) in [6.45, 7) is 6.11. The number of anilines is 1. The van der Waals surface area contributed by atoms with Crippen LogP contribution in [0.15, 0.2) is 71.2 Å². The van der Waals surface area contributed by atoms with E-state index >= 15 is 0 Å². The lowest BCUT2D eigenvalue weighted by Gasteiger charge is -2.34. The minimum atomic E-state index is -0.605. The van der Waals surface area contributed by atoms with Crippen molar-refractivity contribution < 1.29 is 23.5 Å². The van der Waals surface area contributed by atoms with Crippen molar-refractivity contribution in [3.8, 4) is 5.75 Å². The summed E-state index contributed by atoms with van der Waals surface area (Å²) in [5.74, 6) is -0.779. The third kappa shape index (κ3) is 7.03. The van der Waals surface area contributed by atoms with Gasteiger partial charge >= 0.3 is 5.97 Å². The minimum absolute atomic E-state index is 0.233. The van der Waals surface area contributed by atoms with Crippen LogP contribution in [-0.2, 0) is 20.9 Å². The summed E-state index contributed by atoms with van der Waals surface area (Å²) in [4.78, 5) is 27.9. The molecule has 0 spiro atoms. The highest BCUT2D eigenvalue weighted by Gasteiger charge is 2.35. The molecule has 0 saturated carbocycles. The van der Waals surface area contributed by atoms with E-state index in [-0.39, 0.29) is 24.3 Å². The first-order valence-corrected chi connectivity index (χ1v) is 13.4. The van der Waals surface area contributed by atoms with Crippen LogP contribution >= 0.6 is 27.5 Å². The van der Waals surface area contributed by atoms with Crippen LogP contribution in [0.1, 0.15) is 49.8 Å². The zero-order valence-corrected chi connectivity index (χ0v) is 23.7. The first kappa shape index (κ1) is 27.9. The molecule has 0 bridgehead atoms. The highest BCUT2D eigenvalue weighted by Crippen LogP contribution is 2.39. The van der Waals surface area contributed by atoms with E-state index in [4.69, 9.17) is 21.1 Å². The third-order valence-corrected chi connectivity index (χ3v) is 6.67. The lowest BCUT2D eigenvalue weighted by atomic mass is 9.89. The molecule has 38 heavy (non-hydrogen) atoms. The van der Waals surface area contributed by atoms with Gasteiger partial charge in [0, 0.05) is 33.4 Å². The summed E-state index contributed by atoms with van der Waals surface area (Å²) in [6.07, 6.45) is 3.57. The van der Waals surface area contributed by atoms with Gasteiger partial charge in [-0.3, -0.25) is 9.59 Å². The fourth-order valence-corrected chi connectivity index (χ4v) is 4.76. The van der Waals surface area contributed by atoms with Gasteiger partial charge in [-0.25, -0.2) is 4.39 Å². The number of fused-ring (bicyclic) bond motifs is 1. The Bertz CT molecular complexity index is 1370. The largest absolute Gasteiger partial charge is 0.488 e. The zero-order chi connectivity index (χ0) is 27.4. The van der Waals surface area contributed by atoms with Crippen molar-refractivity contribution in [2.24, 2.45) is 0 Å². The van der Waals surface area contributed by atoms with Crippen molar-refractivity contribution in [2.75, 3.05) is 11.4 Å². The Morgan fingerprint density at radius 3 is 2.55 bits per heavy atom. The van der Waals surface area contributed by atoms with Gasteiger partial charge in [0.1, 0.15) is 23.8 Å². The molecule has 1 aliphatic heterocycles. The molecule has 3 aromatic carbocycles. The second kappa shape index (κ2) is 11.7. The summed E-state index contributed by atoms with van der Waals surface area (Å²) < 4.78 is 25.6. The molecule has 8 heteroatoms. The topological polar surface area (TPSA) is 55.8 Å². The van der Waals surface area contributed by atoms with Crippen LogP contribution in [0.5, 0.6) is 5.75 Å². The molecule has 1 unspecified atom stereocenters. The van der Waals surface area contributed by atoms with E-state index in [2.05, 4.69) is 15.9 Å². The molecule has 0 fully saturated rings. The average Bonchev–Trinajstić information content (AvgIpc) is 2.85. The van der Waals surface area contributed by atoms with Gasteiger partial charge in [-0.15, -0.1) is 0 Å². The molecule has 0 aliphatic carbocycles. The highest BCUT2D eigenvalue weighted by atomic mass is 79.9. The number of rotatable bonds is 6. The van der Waals surface area contributed by atoms with Crippen molar-refractivity contribution in [1.82, 2.24) is 0 Å². The normalized spacial score (nSPS) is 15.3. The van der Waals surface area contributed by atoms with Gasteiger partial charge in [-0.2, -0.15) is 0 Å². The van der Waals surface area contributed by atoms with Gasteiger partial charge < -0.3 is 14.4 Å². The monoisotopic (exact) mass is 599 g/mol. The first-order chi connectivity index (χ1) is 18.0. The molecule has 1 atom stereocenters. The van der Waals surface area contributed by atoms with Gasteiger partial charge in [-0.1, -0.05) is 39.7 Å². The molecule has 4 rings (SSSR count). The zero-order valence-electron chi connectivity index (χ0n) is 21.3. The Morgan fingerprint density at radius 2 is 1.84 bits per heavy atom. The van der Waals surface area contributed by atoms with Crippen molar-refractivity contribution in [3.05, 3.63) is 98.7 Å². The molecule has 1 amide bonds. The Morgan fingerprint density at radius 1 is 1.11 bits per heavy atom. The molecular formula is C30H28BrClFNO4. The van der Waals surface area contributed by atoms with Gasteiger partial charge in [0.2, 0.25) is 0 Å². The lowest BCUT2D eigenvalue weighted by Crippen LogP contribution is -2.38. The van der Waals surface area contributed by atoms with Crippen LogP contribution in [0.2, 0.25) is 5.02 Å². The first-order valence-electron chi connectivity index (χ1n) is 12.2. The number of benzene rings is 3.